The molecule has 1 fully saturated rings. The molecule has 0 radical (unpaired) electrons. The topological polar surface area (TPSA) is 158 Å². The minimum absolute atomic E-state index is 0.0000960. The molecule has 3 rings (SSSR count). The minimum Gasteiger partial charge on any atom is -0.345 e. The van der Waals surface area contributed by atoms with Crippen molar-refractivity contribution in [2.45, 2.75) is 96.7 Å². The smallest absolute Gasteiger partial charge is 0.327 e. The second-order valence-corrected chi connectivity index (χ2v) is 15.3. The zero-order valence-electron chi connectivity index (χ0n) is 27.0. The van der Waals surface area contributed by atoms with E-state index in [1.807, 2.05) is 6.92 Å². The third-order valence-corrected chi connectivity index (χ3v) is 9.45. The number of sulfonamides is 1. The monoisotopic (exact) mass is 628 g/mol. The van der Waals surface area contributed by atoms with Crippen LogP contribution < -0.4 is 31.5 Å². The van der Waals surface area contributed by atoms with Gasteiger partial charge in [-0.05, 0) is 101 Å². The van der Waals surface area contributed by atoms with Gasteiger partial charge in [0, 0.05) is 34.9 Å². The van der Waals surface area contributed by atoms with Gasteiger partial charge in [0.2, 0.25) is 5.91 Å². The maximum Gasteiger partial charge on any atom is 0.327 e. The van der Waals surface area contributed by atoms with Gasteiger partial charge in [-0.3, -0.25) is 30.0 Å². The molecule has 0 spiro atoms. The normalized spacial score (nSPS) is 17.7. The van der Waals surface area contributed by atoms with Crippen LogP contribution in [-0.2, 0) is 24.4 Å². The summed E-state index contributed by atoms with van der Waals surface area (Å²) in [4.78, 5) is 37.5. The maximum atomic E-state index is 13.1. The van der Waals surface area contributed by atoms with E-state index < -0.39 is 21.8 Å². The van der Waals surface area contributed by atoms with Crippen molar-refractivity contribution in [1.82, 2.24) is 16.1 Å². The lowest BCUT2D eigenvalue weighted by Gasteiger charge is -2.46. The number of hydrogen-bond donors (Lipinski definition) is 6. The zero-order chi connectivity index (χ0) is 32.9. The Morgan fingerprint density at radius 2 is 1.45 bits per heavy atom. The number of piperidine rings is 1. The number of hydrogen-bond acceptors (Lipinski definition) is 7. The second-order valence-electron chi connectivity index (χ2n) is 13.6. The van der Waals surface area contributed by atoms with Crippen molar-refractivity contribution in [3.05, 3.63) is 48.5 Å². The van der Waals surface area contributed by atoms with E-state index in [0.717, 1.165) is 0 Å². The molecule has 11 nitrogen and oxygen atoms in total. The molecule has 3 amide bonds. The van der Waals surface area contributed by atoms with Crippen LogP contribution in [0.3, 0.4) is 0 Å². The van der Waals surface area contributed by atoms with Gasteiger partial charge in [-0.2, -0.15) is 0 Å². The summed E-state index contributed by atoms with van der Waals surface area (Å²) in [5.74, 6) is -0.722. The highest BCUT2D eigenvalue weighted by Crippen LogP contribution is 2.28. The van der Waals surface area contributed by atoms with Gasteiger partial charge >= 0.3 is 11.8 Å². The predicted octanol–water partition coefficient (Wildman–Crippen LogP) is 4.61. The third kappa shape index (κ3) is 10.2. The fraction of sp³-hybridized carbons (Fsp3) is 0.531. The SMILES string of the molecule is CC(C)C(C)C(C)CC(=O)Nc1cccc(S(=O)(=O)Nc2ccc(NNC(=O)C(=O)NC3CC(C)(C)NC(C)(C)C3)cc2)c1. The van der Waals surface area contributed by atoms with Gasteiger partial charge in [0.05, 0.1) is 10.6 Å². The average Bonchev–Trinajstić information content (AvgIpc) is 2.90. The maximum absolute atomic E-state index is 13.1. The van der Waals surface area contributed by atoms with Crippen molar-refractivity contribution in [3.8, 4) is 0 Å². The molecular formula is C32H48N6O5S. The van der Waals surface area contributed by atoms with Gasteiger partial charge in [-0.25, -0.2) is 8.42 Å². The minimum atomic E-state index is -3.95. The molecule has 2 atom stereocenters. The Labute approximate surface area is 261 Å². The van der Waals surface area contributed by atoms with E-state index in [2.05, 4.69) is 80.0 Å². The van der Waals surface area contributed by atoms with Gasteiger partial charge in [0.15, 0.2) is 0 Å². The molecule has 0 aliphatic carbocycles. The van der Waals surface area contributed by atoms with Crippen LogP contribution in [0.5, 0.6) is 0 Å². The first-order valence-electron chi connectivity index (χ1n) is 15.0. The number of carbonyl (C=O) groups excluding carboxylic acids is 3. The Morgan fingerprint density at radius 3 is 2.05 bits per heavy atom. The largest absolute Gasteiger partial charge is 0.345 e. The van der Waals surface area contributed by atoms with Crippen LogP contribution in [0.15, 0.2) is 53.4 Å². The highest BCUT2D eigenvalue weighted by atomic mass is 32.2. The van der Waals surface area contributed by atoms with E-state index in [9.17, 15) is 22.8 Å². The predicted molar refractivity (Wildman–Crippen MR) is 174 cm³/mol. The number of nitrogens with one attached hydrogen (secondary N) is 6. The van der Waals surface area contributed by atoms with Crippen LogP contribution in [-0.4, -0.2) is 43.3 Å². The van der Waals surface area contributed by atoms with Crippen molar-refractivity contribution in [2.24, 2.45) is 17.8 Å². The van der Waals surface area contributed by atoms with Crippen LogP contribution in [0.25, 0.3) is 0 Å². The average molecular weight is 629 g/mol. The molecule has 1 aliphatic rings. The zero-order valence-corrected chi connectivity index (χ0v) is 27.8. The summed E-state index contributed by atoms with van der Waals surface area (Å²) >= 11 is 0. The first kappa shape index (κ1) is 34.8. The Kier molecular flexibility index (Phi) is 11.1. The molecule has 242 valence electrons. The van der Waals surface area contributed by atoms with Crippen LogP contribution in [0.2, 0.25) is 0 Å². The van der Waals surface area contributed by atoms with Crippen molar-refractivity contribution < 1.29 is 22.8 Å². The lowest BCUT2D eigenvalue weighted by molar-refractivity contribution is -0.139. The quantitative estimate of drug-likeness (QED) is 0.157. The fourth-order valence-electron chi connectivity index (χ4n) is 5.79. The summed E-state index contributed by atoms with van der Waals surface area (Å²) in [6.07, 6.45) is 1.72. The molecule has 0 saturated carbocycles. The first-order valence-corrected chi connectivity index (χ1v) is 16.5. The van der Waals surface area contributed by atoms with Crippen molar-refractivity contribution >= 4 is 44.8 Å². The van der Waals surface area contributed by atoms with Gasteiger partial charge in [-0.1, -0.05) is 33.8 Å². The number of anilines is 3. The summed E-state index contributed by atoms with van der Waals surface area (Å²) in [5, 5.41) is 9.16. The summed E-state index contributed by atoms with van der Waals surface area (Å²) in [6, 6.07) is 12.1. The molecule has 2 aromatic carbocycles. The number of benzene rings is 2. The molecule has 1 aliphatic heterocycles. The fourth-order valence-corrected chi connectivity index (χ4v) is 6.89. The van der Waals surface area contributed by atoms with E-state index >= 15 is 0 Å². The molecule has 12 heteroatoms. The summed E-state index contributed by atoms with van der Waals surface area (Å²) in [6.45, 7) is 16.7. The van der Waals surface area contributed by atoms with Gasteiger partial charge in [-0.15, -0.1) is 0 Å². The summed E-state index contributed by atoms with van der Waals surface area (Å²) in [7, 11) is -3.95. The summed E-state index contributed by atoms with van der Waals surface area (Å²) < 4.78 is 28.6. The second kappa shape index (κ2) is 14.0. The van der Waals surface area contributed by atoms with Crippen molar-refractivity contribution in [3.63, 3.8) is 0 Å². The summed E-state index contributed by atoms with van der Waals surface area (Å²) in [5.41, 5.74) is 5.84. The van der Waals surface area contributed by atoms with Crippen LogP contribution in [0, 0.1) is 17.8 Å². The van der Waals surface area contributed by atoms with E-state index in [1.165, 1.54) is 24.3 Å². The molecule has 0 bridgehead atoms. The molecule has 2 aromatic rings. The Hall–Kier alpha value is -3.64. The van der Waals surface area contributed by atoms with Crippen molar-refractivity contribution in [1.29, 1.82) is 0 Å². The van der Waals surface area contributed by atoms with Gasteiger partial charge in [0.1, 0.15) is 0 Å². The van der Waals surface area contributed by atoms with Gasteiger partial charge < -0.3 is 16.0 Å². The van der Waals surface area contributed by atoms with E-state index in [0.29, 0.717) is 48.2 Å². The Balaban J connectivity index is 1.53. The highest BCUT2D eigenvalue weighted by Gasteiger charge is 2.38. The Morgan fingerprint density at radius 1 is 0.864 bits per heavy atom. The molecule has 6 N–H and O–H groups in total. The van der Waals surface area contributed by atoms with Crippen LogP contribution >= 0.6 is 0 Å². The van der Waals surface area contributed by atoms with Crippen LogP contribution in [0.4, 0.5) is 17.1 Å². The number of hydrazine groups is 1. The molecule has 44 heavy (non-hydrogen) atoms. The molecule has 1 saturated heterocycles. The highest BCUT2D eigenvalue weighted by molar-refractivity contribution is 7.92. The lowest BCUT2D eigenvalue weighted by atomic mass is 9.79. The number of amides is 3. The van der Waals surface area contributed by atoms with Crippen molar-refractivity contribution in [2.75, 3.05) is 15.5 Å². The standard InChI is InChI=1S/C32H48N6O5S/c1-20(2)22(4)21(3)16-28(39)33-25-10-9-11-27(17-25)44(42,43)37-24-14-12-23(13-15-24)35-36-30(41)29(40)34-26-18-31(5,6)38-32(7,8)19-26/h9-15,17,20-22,26,35,37-38H,16,18-19H2,1-8H3,(H,33,39)(H,34,40)(H,36,41). The first-order chi connectivity index (χ1) is 20.4. The molecule has 2 unspecified atom stereocenters. The number of carbonyl (C=O) groups is 3. The molecule has 0 aromatic heterocycles. The Bertz CT molecular complexity index is 1420. The van der Waals surface area contributed by atoms with E-state index in [4.69, 9.17) is 0 Å². The van der Waals surface area contributed by atoms with E-state index in [-0.39, 0.29) is 33.8 Å². The number of rotatable bonds is 11. The lowest BCUT2D eigenvalue weighted by Crippen LogP contribution is -2.63. The molecule has 1 heterocycles. The van der Waals surface area contributed by atoms with Gasteiger partial charge in [0.25, 0.3) is 10.0 Å². The van der Waals surface area contributed by atoms with Crippen LogP contribution in [0.1, 0.15) is 74.7 Å². The third-order valence-electron chi connectivity index (χ3n) is 8.07. The van der Waals surface area contributed by atoms with E-state index in [1.54, 1.807) is 24.3 Å². The molecular weight excluding hydrogens is 580 g/mol.